The molecule has 0 spiro atoms. The van der Waals surface area contributed by atoms with Gasteiger partial charge in [-0.1, -0.05) is 18.2 Å². The molecule has 0 aliphatic carbocycles. The van der Waals surface area contributed by atoms with E-state index in [1.54, 1.807) is 13.0 Å². The SMILES string of the molecule is Cc1cc([N+](=O)[O-])ccc1Oc1ccccc1CCO. The first kappa shape index (κ1) is 14.0. The summed E-state index contributed by atoms with van der Waals surface area (Å²) < 4.78 is 5.79. The molecule has 5 heteroatoms. The summed E-state index contributed by atoms with van der Waals surface area (Å²) >= 11 is 0. The first-order valence-corrected chi connectivity index (χ1v) is 6.23. The number of benzene rings is 2. The molecule has 0 atom stereocenters. The van der Waals surface area contributed by atoms with Gasteiger partial charge in [0.25, 0.3) is 5.69 Å². The fourth-order valence-electron chi connectivity index (χ4n) is 1.91. The van der Waals surface area contributed by atoms with Crippen LogP contribution in [0, 0.1) is 17.0 Å². The van der Waals surface area contributed by atoms with Crippen LogP contribution in [0.15, 0.2) is 42.5 Å². The fourth-order valence-corrected chi connectivity index (χ4v) is 1.91. The average Bonchev–Trinajstić information content (AvgIpc) is 2.43. The van der Waals surface area contributed by atoms with Crippen LogP contribution in [-0.2, 0) is 6.42 Å². The number of aliphatic hydroxyl groups is 1. The van der Waals surface area contributed by atoms with Crippen molar-refractivity contribution in [1.29, 1.82) is 0 Å². The van der Waals surface area contributed by atoms with Gasteiger partial charge in [-0.2, -0.15) is 0 Å². The summed E-state index contributed by atoms with van der Waals surface area (Å²) in [5.41, 5.74) is 1.63. The molecule has 0 aromatic heterocycles. The van der Waals surface area contributed by atoms with Crippen LogP contribution in [0.3, 0.4) is 0 Å². The van der Waals surface area contributed by atoms with E-state index >= 15 is 0 Å². The van der Waals surface area contributed by atoms with E-state index in [4.69, 9.17) is 9.84 Å². The van der Waals surface area contributed by atoms with E-state index in [-0.39, 0.29) is 12.3 Å². The summed E-state index contributed by atoms with van der Waals surface area (Å²) in [7, 11) is 0. The lowest BCUT2D eigenvalue weighted by molar-refractivity contribution is -0.384. The number of nitro groups is 1. The van der Waals surface area contributed by atoms with Crippen LogP contribution in [0.4, 0.5) is 5.69 Å². The van der Waals surface area contributed by atoms with Crippen LogP contribution in [0.25, 0.3) is 0 Å². The predicted molar refractivity (Wildman–Crippen MR) is 75.1 cm³/mol. The molecule has 2 rings (SSSR count). The van der Waals surface area contributed by atoms with Crippen molar-refractivity contribution < 1.29 is 14.8 Å². The number of nitro benzene ring substituents is 1. The molecule has 104 valence electrons. The van der Waals surface area contributed by atoms with Crippen molar-refractivity contribution in [3.05, 3.63) is 63.7 Å². The van der Waals surface area contributed by atoms with Crippen LogP contribution >= 0.6 is 0 Å². The minimum absolute atomic E-state index is 0.0403. The van der Waals surface area contributed by atoms with Gasteiger partial charge >= 0.3 is 0 Å². The normalized spacial score (nSPS) is 10.3. The molecule has 0 unspecified atom stereocenters. The summed E-state index contributed by atoms with van der Waals surface area (Å²) in [4.78, 5) is 10.3. The van der Waals surface area contributed by atoms with Crippen molar-refractivity contribution in [3.63, 3.8) is 0 Å². The van der Waals surface area contributed by atoms with Gasteiger partial charge in [0.2, 0.25) is 0 Å². The fraction of sp³-hybridized carbons (Fsp3) is 0.200. The van der Waals surface area contributed by atoms with E-state index < -0.39 is 4.92 Å². The van der Waals surface area contributed by atoms with E-state index in [1.807, 2.05) is 24.3 Å². The smallest absolute Gasteiger partial charge is 0.269 e. The van der Waals surface area contributed by atoms with Crippen molar-refractivity contribution >= 4 is 5.69 Å². The lowest BCUT2D eigenvalue weighted by Crippen LogP contribution is -1.96. The monoisotopic (exact) mass is 273 g/mol. The van der Waals surface area contributed by atoms with Gasteiger partial charge in [-0.05, 0) is 36.6 Å². The molecule has 0 saturated carbocycles. The Hall–Kier alpha value is -2.40. The summed E-state index contributed by atoms with van der Waals surface area (Å²) in [6.07, 6.45) is 0.502. The van der Waals surface area contributed by atoms with Crippen LogP contribution in [0.1, 0.15) is 11.1 Å². The lowest BCUT2D eigenvalue weighted by atomic mass is 10.1. The maximum absolute atomic E-state index is 10.7. The molecule has 20 heavy (non-hydrogen) atoms. The quantitative estimate of drug-likeness (QED) is 0.670. The minimum atomic E-state index is -0.434. The second-order valence-electron chi connectivity index (χ2n) is 4.39. The molecule has 0 aliphatic heterocycles. The summed E-state index contributed by atoms with van der Waals surface area (Å²) in [6.45, 7) is 1.80. The van der Waals surface area contributed by atoms with Crippen molar-refractivity contribution in [2.24, 2.45) is 0 Å². The summed E-state index contributed by atoms with van der Waals surface area (Å²) in [5, 5.41) is 19.7. The van der Waals surface area contributed by atoms with Crippen LogP contribution in [-0.4, -0.2) is 16.6 Å². The highest BCUT2D eigenvalue weighted by Gasteiger charge is 2.10. The van der Waals surface area contributed by atoms with E-state index in [9.17, 15) is 10.1 Å². The van der Waals surface area contributed by atoms with Crippen LogP contribution in [0.2, 0.25) is 0 Å². The van der Waals surface area contributed by atoms with Gasteiger partial charge < -0.3 is 9.84 Å². The third-order valence-electron chi connectivity index (χ3n) is 2.94. The molecule has 0 fully saturated rings. The van der Waals surface area contributed by atoms with Crippen molar-refractivity contribution in [2.75, 3.05) is 6.61 Å². The molecule has 1 N–H and O–H groups in total. The van der Waals surface area contributed by atoms with Crippen molar-refractivity contribution in [1.82, 2.24) is 0 Å². The Labute approximate surface area is 116 Å². The number of non-ortho nitro benzene ring substituents is 1. The molecule has 0 aliphatic rings. The summed E-state index contributed by atoms with van der Waals surface area (Å²) in [6, 6.07) is 11.9. The zero-order chi connectivity index (χ0) is 14.5. The highest BCUT2D eigenvalue weighted by atomic mass is 16.6. The average molecular weight is 273 g/mol. The molecule has 2 aromatic carbocycles. The van der Waals surface area contributed by atoms with E-state index in [0.29, 0.717) is 23.5 Å². The maximum Gasteiger partial charge on any atom is 0.269 e. The molecular formula is C15H15NO4. The third-order valence-corrected chi connectivity index (χ3v) is 2.94. The number of rotatable bonds is 5. The highest BCUT2D eigenvalue weighted by molar-refractivity contribution is 5.46. The van der Waals surface area contributed by atoms with Crippen molar-refractivity contribution in [2.45, 2.75) is 13.3 Å². The Bertz CT molecular complexity index is 625. The molecule has 0 amide bonds. The van der Waals surface area contributed by atoms with Gasteiger partial charge in [-0.15, -0.1) is 0 Å². The third kappa shape index (κ3) is 3.13. The minimum Gasteiger partial charge on any atom is -0.457 e. The Balaban J connectivity index is 2.28. The Kier molecular flexibility index (Phi) is 4.32. The highest BCUT2D eigenvalue weighted by Crippen LogP contribution is 2.30. The topological polar surface area (TPSA) is 72.6 Å². The molecule has 0 bridgehead atoms. The van der Waals surface area contributed by atoms with Gasteiger partial charge in [0, 0.05) is 18.7 Å². The zero-order valence-corrected chi connectivity index (χ0v) is 11.1. The number of hydrogen-bond donors (Lipinski definition) is 1. The molecular weight excluding hydrogens is 258 g/mol. The molecule has 0 radical (unpaired) electrons. The molecule has 0 heterocycles. The number of ether oxygens (including phenoxy) is 1. The Morgan fingerprint density at radius 3 is 2.60 bits per heavy atom. The van der Waals surface area contributed by atoms with Crippen LogP contribution in [0.5, 0.6) is 11.5 Å². The second-order valence-corrected chi connectivity index (χ2v) is 4.39. The van der Waals surface area contributed by atoms with E-state index in [0.717, 1.165) is 5.56 Å². The Morgan fingerprint density at radius 1 is 1.20 bits per heavy atom. The van der Waals surface area contributed by atoms with Gasteiger partial charge in [0.1, 0.15) is 11.5 Å². The van der Waals surface area contributed by atoms with Gasteiger partial charge in [0.15, 0.2) is 0 Å². The number of para-hydroxylation sites is 1. The van der Waals surface area contributed by atoms with Gasteiger partial charge in [0.05, 0.1) is 4.92 Å². The molecule has 5 nitrogen and oxygen atoms in total. The number of hydrogen-bond acceptors (Lipinski definition) is 4. The first-order chi connectivity index (χ1) is 9.61. The standard InChI is InChI=1S/C15H15NO4/c1-11-10-13(16(18)19)6-7-14(11)20-15-5-3-2-4-12(15)8-9-17/h2-7,10,17H,8-9H2,1H3. The van der Waals surface area contributed by atoms with Crippen LogP contribution < -0.4 is 4.74 Å². The molecule has 2 aromatic rings. The van der Waals surface area contributed by atoms with Gasteiger partial charge in [-0.25, -0.2) is 0 Å². The Morgan fingerprint density at radius 2 is 1.95 bits per heavy atom. The molecule has 0 saturated heterocycles. The van der Waals surface area contributed by atoms with E-state index in [2.05, 4.69) is 0 Å². The number of nitrogens with zero attached hydrogens (tertiary/aromatic N) is 1. The number of aliphatic hydroxyl groups excluding tert-OH is 1. The maximum atomic E-state index is 10.7. The second kappa shape index (κ2) is 6.16. The zero-order valence-electron chi connectivity index (χ0n) is 11.1. The largest absolute Gasteiger partial charge is 0.457 e. The number of aryl methyl sites for hydroxylation is 1. The van der Waals surface area contributed by atoms with Crippen molar-refractivity contribution in [3.8, 4) is 11.5 Å². The summed E-state index contributed by atoms with van der Waals surface area (Å²) in [5.74, 6) is 1.22. The van der Waals surface area contributed by atoms with E-state index in [1.165, 1.54) is 12.1 Å². The predicted octanol–water partition coefficient (Wildman–Crippen LogP) is 3.23. The first-order valence-electron chi connectivity index (χ1n) is 6.23. The van der Waals surface area contributed by atoms with Gasteiger partial charge in [-0.3, -0.25) is 10.1 Å². The lowest BCUT2D eigenvalue weighted by Gasteiger charge is -2.12.